The molecule has 4 rings (SSSR count). The first kappa shape index (κ1) is 24.7. The fourth-order valence-electron chi connectivity index (χ4n) is 4.89. The molecule has 2 amide bonds. The minimum atomic E-state index is -0.922. The Labute approximate surface area is 205 Å². The number of rotatable bonds is 10. The van der Waals surface area contributed by atoms with Crippen LogP contribution >= 0.6 is 0 Å². The van der Waals surface area contributed by atoms with Gasteiger partial charge in [-0.2, -0.15) is 0 Å². The van der Waals surface area contributed by atoms with Crippen LogP contribution in [0.15, 0.2) is 48.5 Å². The molecule has 0 radical (unpaired) electrons. The number of nitrogens with two attached hydrogens (primary N) is 1. The molecule has 0 heterocycles. The number of benzene rings is 2. The van der Waals surface area contributed by atoms with Crippen LogP contribution in [0.4, 0.5) is 4.79 Å². The summed E-state index contributed by atoms with van der Waals surface area (Å²) < 4.78 is 10.3. The molecule has 1 atom stereocenters. The molecule has 0 bridgehead atoms. The number of hydrogen-bond acceptors (Lipinski definition) is 6. The molecule has 0 spiro atoms. The summed E-state index contributed by atoms with van der Waals surface area (Å²) >= 11 is 0. The van der Waals surface area contributed by atoms with Crippen molar-refractivity contribution in [2.45, 2.75) is 56.0 Å². The van der Waals surface area contributed by atoms with Gasteiger partial charge in [0.1, 0.15) is 12.1 Å². The van der Waals surface area contributed by atoms with Crippen molar-refractivity contribution in [2.24, 2.45) is 5.73 Å². The number of unbranched alkanes of at least 4 members (excludes halogenated alkanes) is 1. The van der Waals surface area contributed by atoms with Gasteiger partial charge in [0.05, 0.1) is 13.2 Å². The molecule has 1 saturated carbocycles. The first-order valence-corrected chi connectivity index (χ1v) is 12.2. The van der Waals surface area contributed by atoms with Gasteiger partial charge in [0.25, 0.3) is 0 Å². The summed E-state index contributed by atoms with van der Waals surface area (Å²) in [7, 11) is 1.32. The van der Waals surface area contributed by atoms with E-state index in [0.29, 0.717) is 38.6 Å². The summed E-state index contributed by atoms with van der Waals surface area (Å²) in [4.78, 5) is 36.6. The summed E-state index contributed by atoms with van der Waals surface area (Å²) in [6.07, 6.45) is 3.32. The van der Waals surface area contributed by atoms with E-state index < -0.39 is 23.6 Å². The molecule has 2 aromatic carbocycles. The highest BCUT2D eigenvalue weighted by atomic mass is 16.5. The highest BCUT2D eigenvalue weighted by Gasteiger charge is 2.47. The van der Waals surface area contributed by atoms with E-state index in [1.807, 2.05) is 24.3 Å². The van der Waals surface area contributed by atoms with E-state index in [2.05, 4.69) is 34.9 Å². The predicted octanol–water partition coefficient (Wildman–Crippen LogP) is 3.23. The van der Waals surface area contributed by atoms with E-state index in [0.717, 1.165) is 6.42 Å². The number of esters is 1. The van der Waals surface area contributed by atoms with Crippen LogP contribution in [0.3, 0.4) is 0 Å². The van der Waals surface area contributed by atoms with Crippen LogP contribution < -0.4 is 16.4 Å². The monoisotopic (exact) mass is 479 g/mol. The van der Waals surface area contributed by atoms with Gasteiger partial charge < -0.3 is 25.8 Å². The van der Waals surface area contributed by atoms with Crippen molar-refractivity contribution in [1.29, 1.82) is 0 Å². The lowest BCUT2D eigenvalue weighted by molar-refractivity contribution is -0.155. The van der Waals surface area contributed by atoms with Crippen LogP contribution in [0.2, 0.25) is 0 Å². The number of hydrogen-bond donors (Lipinski definition) is 3. The van der Waals surface area contributed by atoms with E-state index in [-0.39, 0.29) is 18.4 Å². The Bertz CT molecular complexity index is 1040. The lowest BCUT2D eigenvalue weighted by atomic mass is 9.76. The number of ether oxygens (including phenoxy) is 2. The zero-order chi connectivity index (χ0) is 24.8. The minimum absolute atomic E-state index is 0.0219. The highest BCUT2D eigenvalue weighted by molar-refractivity contribution is 5.91. The van der Waals surface area contributed by atoms with Gasteiger partial charge in [0.2, 0.25) is 5.91 Å². The van der Waals surface area contributed by atoms with Crippen molar-refractivity contribution in [2.75, 3.05) is 20.3 Å². The number of carbonyl (C=O) groups is 3. The molecule has 2 aliphatic rings. The van der Waals surface area contributed by atoms with Gasteiger partial charge in [-0.3, -0.25) is 4.79 Å². The van der Waals surface area contributed by atoms with Crippen LogP contribution in [-0.2, 0) is 19.1 Å². The zero-order valence-electron chi connectivity index (χ0n) is 20.0. The van der Waals surface area contributed by atoms with Crippen LogP contribution in [0.5, 0.6) is 0 Å². The summed E-state index contributed by atoms with van der Waals surface area (Å²) in [6.45, 7) is 0.698. The first-order chi connectivity index (χ1) is 16.9. The standard InChI is InChI=1S/C27H33N3O5/c1-34-25(32)27(14-8-15-27)30-24(31)23(28)13-6-7-16-29-26(33)35-17-22-20-11-4-2-9-18(20)19-10-3-5-12-21(19)22/h2-5,9-12,22-23H,6-8,13-17,28H2,1H3,(H,29,33)(H,30,31). The average Bonchev–Trinajstić information content (AvgIpc) is 3.17. The molecular weight excluding hydrogens is 446 g/mol. The van der Waals surface area contributed by atoms with Crippen molar-refractivity contribution in [3.63, 3.8) is 0 Å². The minimum Gasteiger partial charge on any atom is -0.467 e. The largest absolute Gasteiger partial charge is 0.467 e. The first-order valence-electron chi connectivity index (χ1n) is 12.2. The zero-order valence-corrected chi connectivity index (χ0v) is 20.0. The SMILES string of the molecule is COC(=O)C1(NC(=O)C(N)CCCCNC(=O)OCC2c3ccccc3-c3ccccc32)CCC1. The molecule has 1 fully saturated rings. The molecule has 35 heavy (non-hydrogen) atoms. The van der Waals surface area contributed by atoms with Crippen molar-refractivity contribution in [3.05, 3.63) is 59.7 Å². The van der Waals surface area contributed by atoms with Crippen LogP contribution in [0.1, 0.15) is 55.6 Å². The Hall–Kier alpha value is -3.39. The Morgan fingerprint density at radius 2 is 1.66 bits per heavy atom. The summed E-state index contributed by atoms with van der Waals surface area (Å²) in [5.74, 6) is -0.746. The second kappa shape index (κ2) is 10.9. The molecule has 2 aliphatic carbocycles. The third kappa shape index (κ3) is 5.32. The number of alkyl carbamates (subject to hydrolysis) is 1. The number of methoxy groups -OCH3 is 1. The highest BCUT2D eigenvalue weighted by Crippen LogP contribution is 2.44. The normalized spacial score (nSPS) is 16.3. The van der Waals surface area contributed by atoms with Crippen molar-refractivity contribution < 1.29 is 23.9 Å². The smallest absolute Gasteiger partial charge is 0.407 e. The summed E-state index contributed by atoms with van der Waals surface area (Å²) in [5.41, 5.74) is 9.80. The topological polar surface area (TPSA) is 120 Å². The van der Waals surface area contributed by atoms with Gasteiger partial charge in [-0.15, -0.1) is 0 Å². The molecule has 0 saturated heterocycles. The third-order valence-corrected chi connectivity index (χ3v) is 7.04. The van der Waals surface area contributed by atoms with E-state index in [1.165, 1.54) is 29.4 Å². The fraction of sp³-hybridized carbons (Fsp3) is 0.444. The van der Waals surface area contributed by atoms with Crippen LogP contribution in [-0.4, -0.2) is 49.8 Å². The number of fused-ring (bicyclic) bond motifs is 3. The van der Waals surface area contributed by atoms with Crippen molar-refractivity contribution >= 4 is 18.0 Å². The molecule has 186 valence electrons. The van der Waals surface area contributed by atoms with Crippen LogP contribution in [0, 0.1) is 0 Å². The van der Waals surface area contributed by atoms with Gasteiger partial charge in [0, 0.05) is 12.5 Å². The molecule has 8 nitrogen and oxygen atoms in total. The Kier molecular flexibility index (Phi) is 7.70. The predicted molar refractivity (Wildman–Crippen MR) is 132 cm³/mol. The van der Waals surface area contributed by atoms with E-state index in [4.69, 9.17) is 15.2 Å². The molecule has 2 aromatic rings. The second-order valence-electron chi connectivity index (χ2n) is 9.27. The number of carbonyl (C=O) groups excluding carboxylic acids is 3. The summed E-state index contributed by atoms with van der Waals surface area (Å²) in [5, 5.41) is 5.54. The Balaban J connectivity index is 1.16. The molecule has 0 aromatic heterocycles. The van der Waals surface area contributed by atoms with E-state index in [9.17, 15) is 14.4 Å². The lowest BCUT2D eigenvalue weighted by Gasteiger charge is -2.39. The fourth-order valence-corrected chi connectivity index (χ4v) is 4.89. The third-order valence-electron chi connectivity index (χ3n) is 7.04. The molecule has 8 heteroatoms. The van der Waals surface area contributed by atoms with Crippen molar-refractivity contribution in [3.8, 4) is 11.1 Å². The molecular formula is C27H33N3O5. The van der Waals surface area contributed by atoms with Gasteiger partial charge >= 0.3 is 12.1 Å². The molecule has 1 unspecified atom stereocenters. The molecule has 4 N–H and O–H groups in total. The Morgan fingerprint density at radius 1 is 1.03 bits per heavy atom. The summed E-state index contributed by atoms with van der Waals surface area (Å²) in [6, 6.07) is 15.7. The van der Waals surface area contributed by atoms with Gasteiger partial charge in [0.15, 0.2) is 0 Å². The molecule has 0 aliphatic heterocycles. The van der Waals surface area contributed by atoms with E-state index in [1.54, 1.807) is 0 Å². The Morgan fingerprint density at radius 3 is 2.23 bits per heavy atom. The van der Waals surface area contributed by atoms with E-state index >= 15 is 0 Å². The second-order valence-corrected chi connectivity index (χ2v) is 9.27. The number of amides is 2. The maximum atomic E-state index is 12.4. The van der Waals surface area contributed by atoms with Crippen LogP contribution in [0.25, 0.3) is 11.1 Å². The maximum absolute atomic E-state index is 12.4. The lowest BCUT2D eigenvalue weighted by Crippen LogP contribution is -2.62. The number of nitrogens with one attached hydrogen (secondary N) is 2. The van der Waals surface area contributed by atoms with Gasteiger partial charge in [-0.1, -0.05) is 48.5 Å². The van der Waals surface area contributed by atoms with Crippen molar-refractivity contribution in [1.82, 2.24) is 10.6 Å². The van der Waals surface area contributed by atoms with Gasteiger partial charge in [-0.05, 0) is 60.8 Å². The maximum Gasteiger partial charge on any atom is 0.407 e. The van der Waals surface area contributed by atoms with Gasteiger partial charge in [-0.25, -0.2) is 9.59 Å². The quantitative estimate of drug-likeness (QED) is 0.356. The average molecular weight is 480 g/mol.